The summed E-state index contributed by atoms with van der Waals surface area (Å²) in [6, 6.07) is 18.7. The molecule has 0 bridgehead atoms. The van der Waals surface area contributed by atoms with Crippen LogP contribution in [0.1, 0.15) is 34.1 Å². The molecule has 0 fully saturated rings. The molecule has 0 heterocycles. The first-order valence-electron chi connectivity index (χ1n) is 11.3. The number of ether oxygens (including phenoxy) is 4. The highest BCUT2D eigenvalue weighted by Crippen LogP contribution is 2.21. The van der Waals surface area contributed by atoms with Crippen molar-refractivity contribution in [1.29, 1.82) is 0 Å². The van der Waals surface area contributed by atoms with Gasteiger partial charge in [0.05, 0.1) is 24.3 Å². The molecule has 0 aliphatic carbocycles. The van der Waals surface area contributed by atoms with Crippen LogP contribution < -0.4 is 19.5 Å². The van der Waals surface area contributed by atoms with E-state index in [1.807, 2.05) is 0 Å². The zero-order chi connectivity index (χ0) is 26.6. The molecule has 9 heteroatoms. The highest BCUT2D eigenvalue weighted by Gasteiger charge is 2.12. The summed E-state index contributed by atoms with van der Waals surface area (Å²) < 4.78 is 21.1. The van der Waals surface area contributed by atoms with Crippen LogP contribution in [0.15, 0.2) is 85.5 Å². The van der Waals surface area contributed by atoms with Gasteiger partial charge in [-0.25, -0.2) is 14.4 Å². The Morgan fingerprint density at radius 2 is 1.22 bits per heavy atom. The van der Waals surface area contributed by atoms with Gasteiger partial charge < -0.3 is 24.3 Å². The van der Waals surface area contributed by atoms with Crippen LogP contribution in [0.3, 0.4) is 0 Å². The number of carbonyl (C=O) groups excluding carboxylic acids is 4. The fourth-order valence-corrected chi connectivity index (χ4v) is 2.97. The number of amides is 1. The van der Waals surface area contributed by atoms with E-state index in [1.54, 1.807) is 48.5 Å². The van der Waals surface area contributed by atoms with Crippen molar-refractivity contribution < 1.29 is 38.1 Å². The summed E-state index contributed by atoms with van der Waals surface area (Å²) in [6.45, 7) is 5.28. The molecule has 9 nitrogen and oxygen atoms in total. The fraction of sp³-hybridized carbons (Fsp3) is 0.143. The normalized spacial score (nSPS) is 10.1. The van der Waals surface area contributed by atoms with Crippen LogP contribution in [0.4, 0.5) is 5.69 Å². The van der Waals surface area contributed by atoms with E-state index >= 15 is 0 Å². The second kappa shape index (κ2) is 13.2. The van der Waals surface area contributed by atoms with Crippen molar-refractivity contribution in [1.82, 2.24) is 0 Å². The van der Waals surface area contributed by atoms with E-state index < -0.39 is 17.9 Å². The molecule has 3 aromatic carbocycles. The van der Waals surface area contributed by atoms with Crippen molar-refractivity contribution in [2.75, 3.05) is 18.5 Å². The minimum absolute atomic E-state index is 0.209. The Kier molecular flexibility index (Phi) is 9.55. The average Bonchev–Trinajstić information content (AvgIpc) is 2.89. The van der Waals surface area contributed by atoms with Crippen molar-refractivity contribution in [3.63, 3.8) is 0 Å². The zero-order valence-electron chi connectivity index (χ0n) is 20.1. The monoisotopic (exact) mass is 503 g/mol. The van der Waals surface area contributed by atoms with E-state index in [-0.39, 0.29) is 24.0 Å². The lowest BCUT2D eigenvalue weighted by atomic mass is 10.2. The van der Waals surface area contributed by atoms with Crippen LogP contribution in [0, 0.1) is 0 Å². The molecule has 0 radical (unpaired) electrons. The zero-order valence-corrected chi connectivity index (χ0v) is 20.1. The molecule has 1 N–H and O–H groups in total. The summed E-state index contributed by atoms with van der Waals surface area (Å²) in [6.07, 6.45) is 1.61. The van der Waals surface area contributed by atoms with Crippen molar-refractivity contribution in [3.8, 4) is 17.2 Å². The van der Waals surface area contributed by atoms with Gasteiger partial charge in [-0.2, -0.15) is 0 Å². The third kappa shape index (κ3) is 8.66. The van der Waals surface area contributed by atoms with E-state index in [1.165, 1.54) is 31.2 Å². The van der Waals surface area contributed by atoms with Gasteiger partial charge in [0.15, 0.2) is 0 Å². The molecule has 190 valence electrons. The first-order valence-corrected chi connectivity index (χ1v) is 11.3. The maximum atomic E-state index is 12.4. The molecular weight excluding hydrogens is 478 g/mol. The second-order valence-electron chi connectivity index (χ2n) is 7.61. The SMILES string of the molecule is C=CC(=O)OCCCOc1ccc(C(=O)Oc2ccc(OC(=O)c3ccc(NC(C)=O)cc3)cc2)cc1. The predicted octanol–water partition coefficient (Wildman–Crippen LogP) is 4.58. The van der Waals surface area contributed by atoms with Crippen LogP contribution in [-0.2, 0) is 14.3 Å². The number of anilines is 1. The van der Waals surface area contributed by atoms with Gasteiger partial charge in [-0.15, -0.1) is 0 Å². The summed E-state index contributed by atoms with van der Waals surface area (Å²) in [7, 11) is 0. The quantitative estimate of drug-likeness (QED) is 0.175. The van der Waals surface area contributed by atoms with Gasteiger partial charge in [0.1, 0.15) is 17.2 Å². The van der Waals surface area contributed by atoms with Crippen LogP contribution in [0.25, 0.3) is 0 Å². The van der Waals surface area contributed by atoms with E-state index in [4.69, 9.17) is 18.9 Å². The fourth-order valence-electron chi connectivity index (χ4n) is 2.97. The summed E-state index contributed by atoms with van der Waals surface area (Å²) in [4.78, 5) is 46.8. The number of benzene rings is 3. The molecule has 0 aromatic heterocycles. The first kappa shape index (κ1) is 26.7. The van der Waals surface area contributed by atoms with Gasteiger partial charge in [-0.05, 0) is 72.8 Å². The van der Waals surface area contributed by atoms with Gasteiger partial charge in [0, 0.05) is 25.1 Å². The highest BCUT2D eigenvalue weighted by atomic mass is 16.5. The lowest BCUT2D eigenvalue weighted by Crippen LogP contribution is -2.10. The van der Waals surface area contributed by atoms with Gasteiger partial charge in [-0.1, -0.05) is 6.58 Å². The van der Waals surface area contributed by atoms with Crippen LogP contribution in [0.5, 0.6) is 17.2 Å². The molecule has 1 amide bonds. The van der Waals surface area contributed by atoms with Crippen LogP contribution >= 0.6 is 0 Å². The highest BCUT2D eigenvalue weighted by molar-refractivity contribution is 5.93. The summed E-state index contributed by atoms with van der Waals surface area (Å²) in [5, 5.41) is 2.62. The Morgan fingerprint density at radius 1 is 0.730 bits per heavy atom. The lowest BCUT2D eigenvalue weighted by Gasteiger charge is -2.09. The van der Waals surface area contributed by atoms with E-state index in [0.29, 0.717) is 35.6 Å². The number of nitrogens with one attached hydrogen (secondary N) is 1. The largest absolute Gasteiger partial charge is 0.493 e. The summed E-state index contributed by atoms with van der Waals surface area (Å²) >= 11 is 0. The molecule has 0 saturated heterocycles. The number of rotatable bonds is 11. The minimum atomic E-state index is -0.570. The Hall–Kier alpha value is -4.92. The maximum Gasteiger partial charge on any atom is 0.343 e. The van der Waals surface area contributed by atoms with E-state index in [2.05, 4.69) is 11.9 Å². The molecule has 3 rings (SSSR count). The topological polar surface area (TPSA) is 117 Å². The van der Waals surface area contributed by atoms with Crippen molar-refractivity contribution in [2.45, 2.75) is 13.3 Å². The van der Waals surface area contributed by atoms with Gasteiger partial charge in [0.25, 0.3) is 0 Å². The molecule has 0 aliphatic heterocycles. The van der Waals surface area contributed by atoms with Crippen molar-refractivity contribution >= 4 is 29.5 Å². The molecule has 37 heavy (non-hydrogen) atoms. The molecule has 0 spiro atoms. The third-order valence-electron chi connectivity index (χ3n) is 4.74. The maximum absolute atomic E-state index is 12.4. The standard InChI is InChI=1S/C28H25NO8/c1-3-26(31)35-18-4-17-34-23-11-7-21(8-12-23)28(33)37-25-15-13-24(14-16-25)36-27(32)20-5-9-22(10-6-20)29-19(2)30/h3,5-16H,1,4,17-18H2,2H3,(H,29,30). The smallest absolute Gasteiger partial charge is 0.343 e. The number of esters is 3. The van der Waals surface area contributed by atoms with Gasteiger partial charge in [0.2, 0.25) is 5.91 Å². The molecule has 0 atom stereocenters. The van der Waals surface area contributed by atoms with Crippen LogP contribution in [0.2, 0.25) is 0 Å². The Bertz CT molecular complexity index is 1250. The Balaban J connectivity index is 1.46. The summed E-state index contributed by atoms with van der Waals surface area (Å²) in [5.74, 6) is -0.714. The molecule has 0 unspecified atom stereocenters. The van der Waals surface area contributed by atoms with Crippen molar-refractivity contribution in [2.24, 2.45) is 0 Å². The van der Waals surface area contributed by atoms with Gasteiger partial charge >= 0.3 is 17.9 Å². The van der Waals surface area contributed by atoms with E-state index in [0.717, 1.165) is 6.08 Å². The van der Waals surface area contributed by atoms with Crippen LogP contribution in [-0.4, -0.2) is 37.0 Å². The predicted molar refractivity (Wildman–Crippen MR) is 135 cm³/mol. The lowest BCUT2D eigenvalue weighted by molar-refractivity contribution is -0.138. The molecular formula is C28H25NO8. The number of hydrogen-bond acceptors (Lipinski definition) is 8. The summed E-state index contributed by atoms with van der Waals surface area (Å²) in [5.41, 5.74) is 1.21. The average molecular weight is 504 g/mol. The number of carbonyl (C=O) groups is 4. The molecule has 0 aliphatic rings. The van der Waals surface area contributed by atoms with E-state index in [9.17, 15) is 19.2 Å². The van der Waals surface area contributed by atoms with Gasteiger partial charge in [-0.3, -0.25) is 4.79 Å². The second-order valence-corrected chi connectivity index (χ2v) is 7.61. The first-order chi connectivity index (χ1) is 17.8. The van der Waals surface area contributed by atoms with Crippen molar-refractivity contribution in [3.05, 3.63) is 96.6 Å². The number of hydrogen-bond donors (Lipinski definition) is 1. The molecule has 0 saturated carbocycles. The third-order valence-corrected chi connectivity index (χ3v) is 4.74. The molecule has 3 aromatic rings. The Labute approximate surface area is 213 Å². The minimum Gasteiger partial charge on any atom is -0.493 e. The Morgan fingerprint density at radius 3 is 1.70 bits per heavy atom.